The Morgan fingerprint density at radius 3 is 2.41 bits per heavy atom. The van der Waals surface area contributed by atoms with E-state index in [1.807, 2.05) is 43.5 Å². The summed E-state index contributed by atoms with van der Waals surface area (Å²) in [4.78, 5) is 13.5. The van der Waals surface area contributed by atoms with Gasteiger partial charge in [0.15, 0.2) is 0 Å². The first kappa shape index (κ1) is 18.7. The monoisotopic (exact) mass is 338 g/mol. The fourth-order valence-electron chi connectivity index (χ4n) is 2.10. The number of nitrogens with one attached hydrogen (secondary N) is 1. The van der Waals surface area contributed by atoms with Gasteiger partial charge in [-0.1, -0.05) is 43.3 Å². The number of halogens is 1. The van der Waals surface area contributed by atoms with E-state index in [1.165, 1.54) is 10.4 Å². The molecule has 1 amide bonds. The lowest BCUT2D eigenvalue weighted by Gasteiger charge is -2.22. The van der Waals surface area contributed by atoms with Gasteiger partial charge in [0.25, 0.3) is 0 Å². The van der Waals surface area contributed by atoms with Crippen LogP contribution in [0.4, 0.5) is 0 Å². The molecule has 0 spiro atoms. The van der Waals surface area contributed by atoms with Gasteiger partial charge in [-0.15, -0.1) is 23.7 Å². The number of carbonyl (C=O) groups excluding carboxylic acids is 1. The zero-order chi connectivity index (χ0) is 15.2. The number of carbonyl (C=O) groups is 1. The topological polar surface area (TPSA) is 55.1 Å². The highest BCUT2D eigenvalue weighted by Crippen LogP contribution is 2.23. The lowest BCUT2D eigenvalue weighted by Crippen LogP contribution is -2.40. The van der Waals surface area contributed by atoms with E-state index >= 15 is 0 Å². The highest BCUT2D eigenvalue weighted by atomic mass is 35.5. The van der Waals surface area contributed by atoms with Crippen LogP contribution in [0.25, 0.3) is 0 Å². The van der Waals surface area contributed by atoms with Crippen LogP contribution in [0.15, 0.2) is 47.8 Å². The quantitative estimate of drug-likeness (QED) is 0.846. The minimum Gasteiger partial charge on any atom is -0.348 e. The number of rotatable bonds is 6. The number of hydrogen-bond acceptors (Lipinski definition) is 3. The normalized spacial score (nSPS) is 14.5. The molecule has 0 bridgehead atoms. The predicted octanol–water partition coefficient (Wildman–Crippen LogP) is 3.55. The predicted molar refractivity (Wildman–Crippen MR) is 95.4 cm³/mol. The maximum Gasteiger partial charge on any atom is 0.224 e. The van der Waals surface area contributed by atoms with Crippen LogP contribution in [-0.4, -0.2) is 11.9 Å². The van der Waals surface area contributed by atoms with Gasteiger partial charge >= 0.3 is 0 Å². The highest BCUT2D eigenvalue weighted by molar-refractivity contribution is 7.10. The van der Waals surface area contributed by atoms with E-state index in [2.05, 4.69) is 23.5 Å². The van der Waals surface area contributed by atoms with Crippen molar-refractivity contribution in [2.45, 2.75) is 32.4 Å². The molecule has 3 nitrogen and oxygen atoms in total. The van der Waals surface area contributed by atoms with E-state index in [0.717, 1.165) is 6.42 Å². The third-order valence-corrected chi connectivity index (χ3v) is 4.67. The molecule has 0 aliphatic carbocycles. The number of hydrogen-bond donors (Lipinski definition) is 2. The average molecular weight is 339 g/mol. The standard InChI is InChI=1S/C17H22N2OS.ClH/c1-12(13(2)18)17(20)19-15(16-9-6-10-21-16)11-14-7-4-3-5-8-14;/h3-10,12-13,15H,11,18H2,1-2H3,(H,19,20);1H. The summed E-state index contributed by atoms with van der Waals surface area (Å²) >= 11 is 1.67. The van der Waals surface area contributed by atoms with E-state index in [4.69, 9.17) is 5.73 Å². The van der Waals surface area contributed by atoms with Crippen molar-refractivity contribution >= 4 is 29.7 Å². The van der Waals surface area contributed by atoms with E-state index in [1.54, 1.807) is 11.3 Å². The molecular formula is C17H23ClN2OS. The summed E-state index contributed by atoms with van der Waals surface area (Å²) in [6.07, 6.45) is 0.790. The minimum atomic E-state index is -0.191. The molecule has 1 aromatic heterocycles. The van der Waals surface area contributed by atoms with E-state index in [0.29, 0.717) is 0 Å². The summed E-state index contributed by atoms with van der Waals surface area (Å²) in [6, 6.07) is 14.1. The molecule has 3 unspecified atom stereocenters. The van der Waals surface area contributed by atoms with E-state index in [-0.39, 0.29) is 36.3 Å². The van der Waals surface area contributed by atoms with Crippen LogP contribution in [0, 0.1) is 5.92 Å². The van der Waals surface area contributed by atoms with Gasteiger partial charge in [-0.05, 0) is 30.4 Å². The molecule has 2 rings (SSSR count). The Labute approximate surface area is 142 Å². The van der Waals surface area contributed by atoms with Crippen molar-refractivity contribution in [3.63, 3.8) is 0 Å². The van der Waals surface area contributed by atoms with Crippen LogP contribution in [0.3, 0.4) is 0 Å². The van der Waals surface area contributed by atoms with Gasteiger partial charge in [0, 0.05) is 16.8 Å². The molecule has 120 valence electrons. The molecule has 0 saturated heterocycles. The van der Waals surface area contributed by atoms with Crippen molar-refractivity contribution in [3.05, 3.63) is 58.3 Å². The SMILES string of the molecule is CC(N)C(C)C(=O)NC(Cc1ccccc1)c1cccs1.Cl. The van der Waals surface area contributed by atoms with Crippen molar-refractivity contribution in [3.8, 4) is 0 Å². The number of nitrogens with two attached hydrogens (primary N) is 1. The first-order chi connectivity index (χ1) is 10.1. The Morgan fingerprint density at radius 1 is 1.18 bits per heavy atom. The largest absolute Gasteiger partial charge is 0.348 e. The van der Waals surface area contributed by atoms with Crippen molar-refractivity contribution in [1.82, 2.24) is 5.32 Å². The Kier molecular flexibility index (Phi) is 7.59. The van der Waals surface area contributed by atoms with Crippen LogP contribution < -0.4 is 11.1 Å². The summed E-state index contributed by atoms with van der Waals surface area (Å²) in [6.45, 7) is 3.73. The maximum absolute atomic E-state index is 12.3. The minimum absolute atomic E-state index is 0. The van der Waals surface area contributed by atoms with E-state index in [9.17, 15) is 4.79 Å². The molecule has 3 N–H and O–H groups in total. The third-order valence-electron chi connectivity index (χ3n) is 3.69. The molecule has 0 saturated carbocycles. The molecule has 0 aliphatic heterocycles. The van der Waals surface area contributed by atoms with Crippen LogP contribution in [0.2, 0.25) is 0 Å². The summed E-state index contributed by atoms with van der Waals surface area (Å²) in [5, 5.41) is 5.18. The fourth-order valence-corrected chi connectivity index (χ4v) is 2.88. The maximum atomic E-state index is 12.3. The summed E-state index contributed by atoms with van der Waals surface area (Å²) in [5.41, 5.74) is 7.04. The van der Waals surface area contributed by atoms with Crippen LogP contribution in [0.1, 0.15) is 30.3 Å². The second-order valence-corrected chi connectivity index (χ2v) is 6.39. The molecule has 0 aliphatic rings. The highest BCUT2D eigenvalue weighted by Gasteiger charge is 2.22. The third kappa shape index (κ3) is 5.13. The van der Waals surface area contributed by atoms with Crippen molar-refractivity contribution in [1.29, 1.82) is 0 Å². The second-order valence-electron chi connectivity index (χ2n) is 5.41. The Bertz CT molecular complexity index is 557. The van der Waals surface area contributed by atoms with Crippen molar-refractivity contribution in [2.75, 3.05) is 0 Å². The summed E-state index contributed by atoms with van der Waals surface area (Å²) < 4.78 is 0. The average Bonchev–Trinajstić information content (AvgIpc) is 3.00. The second kappa shape index (κ2) is 8.93. The number of amides is 1. The van der Waals surface area contributed by atoms with Crippen LogP contribution in [-0.2, 0) is 11.2 Å². The Balaban J connectivity index is 0.00000242. The summed E-state index contributed by atoms with van der Waals surface area (Å²) in [5.74, 6) is -0.178. The fraction of sp³-hybridized carbons (Fsp3) is 0.353. The summed E-state index contributed by atoms with van der Waals surface area (Å²) in [7, 11) is 0. The molecule has 1 heterocycles. The van der Waals surface area contributed by atoms with E-state index < -0.39 is 0 Å². The number of thiophene rings is 1. The van der Waals surface area contributed by atoms with Gasteiger partial charge in [0.2, 0.25) is 5.91 Å². The van der Waals surface area contributed by atoms with Crippen LogP contribution in [0.5, 0.6) is 0 Å². The van der Waals surface area contributed by atoms with Crippen LogP contribution >= 0.6 is 23.7 Å². The van der Waals surface area contributed by atoms with Crippen molar-refractivity contribution < 1.29 is 4.79 Å². The smallest absolute Gasteiger partial charge is 0.224 e. The number of benzene rings is 1. The Morgan fingerprint density at radius 2 is 1.86 bits per heavy atom. The van der Waals surface area contributed by atoms with Gasteiger partial charge in [-0.25, -0.2) is 0 Å². The zero-order valence-electron chi connectivity index (χ0n) is 12.9. The molecule has 5 heteroatoms. The van der Waals surface area contributed by atoms with Gasteiger partial charge in [-0.3, -0.25) is 4.79 Å². The van der Waals surface area contributed by atoms with Gasteiger partial charge < -0.3 is 11.1 Å². The molecule has 0 fully saturated rings. The van der Waals surface area contributed by atoms with Gasteiger partial charge in [-0.2, -0.15) is 0 Å². The first-order valence-corrected chi connectivity index (χ1v) is 8.09. The molecule has 0 radical (unpaired) electrons. The van der Waals surface area contributed by atoms with Gasteiger partial charge in [0.05, 0.1) is 6.04 Å². The lowest BCUT2D eigenvalue weighted by atomic mass is 10.0. The molecular weight excluding hydrogens is 316 g/mol. The molecule has 2 aromatic rings. The van der Waals surface area contributed by atoms with Gasteiger partial charge in [0.1, 0.15) is 0 Å². The Hall–Kier alpha value is -1.36. The first-order valence-electron chi connectivity index (χ1n) is 7.21. The molecule has 1 aromatic carbocycles. The lowest BCUT2D eigenvalue weighted by molar-refractivity contribution is -0.125. The zero-order valence-corrected chi connectivity index (χ0v) is 14.5. The van der Waals surface area contributed by atoms with Crippen molar-refractivity contribution in [2.24, 2.45) is 11.7 Å². The molecule has 3 atom stereocenters. The molecule has 22 heavy (non-hydrogen) atoms.